The van der Waals surface area contributed by atoms with Crippen LogP contribution >= 0.6 is 11.8 Å². The molecule has 0 saturated carbocycles. The van der Waals surface area contributed by atoms with E-state index < -0.39 is 6.23 Å². The predicted molar refractivity (Wildman–Crippen MR) is 48.0 cm³/mol. The van der Waals surface area contributed by atoms with Gasteiger partial charge in [-0.3, -0.25) is 0 Å². The fraction of sp³-hybridized carbons (Fsp3) is 0.571. The number of thioether (sulfide) groups is 1. The Morgan fingerprint density at radius 3 is 3.25 bits per heavy atom. The number of hydrogen-bond acceptors (Lipinski definition) is 4. The second kappa shape index (κ2) is 3.06. The molecule has 2 aliphatic rings. The van der Waals surface area contributed by atoms with Crippen molar-refractivity contribution in [3.05, 3.63) is 11.0 Å². The third-order valence-corrected chi connectivity index (χ3v) is 3.81. The van der Waals surface area contributed by atoms with Crippen LogP contribution in [0.2, 0.25) is 0 Å². The largest absolute Gasteiger partial charge is 0.484 e. The van der Waals surface area contributed by atoms with Gasteiger partial charge in [-0.05, 0) is 12.2 Å². The van der Waals surface area contributed by atoms with Crippen LogP contribution in [-0.2, 0) is 17.6 Å². The Balaban J connectivity index is 2.32. The lowest BCUT2D eigenvalue weighted by molar-refractivity contribution is -0.728. The summed E-state index contributed by atoms with van der Waals surface area (Å²) < 4.78 is 0.186. The van der Waals surface area contributed by atoms with Crippen molar-refractivity contribution in [2.45, 2.75) is 12.6 Å². The average molecular weight is 203 g/mol. The predicted octanol–water partition coefficient (Wildman–Crippen LogP) is -1.17. The van der Waals surface area contributed by atoms with Gasteiger partial charge in [0.2, 0.25) is 0 Å². The second-order valence-electron chi connectivity index (χ2n) is 2.93. The van der Waals surface area contributed by atoms with Crippen molar-refractivity contribution in [1.29, 1.82) is 0 Å². The lowest BCUT2D eigenvalue weighted by Crippen LogP contribution is -3.15. The summed E-state index contributed by atoms with van der Waals surface area (Å²) in [4.78, 5) is 12.5. The van der Waals surface area contributed by atoms with E-state index in [9.17, 15) is 9.90 Å². The van der Waals surface area contributed by atoms with Gasteiger partial charge in [-0.15, -0.1) is 11.8 Å². The Bertz CT molecular complexity index is 254. The SMILES string of the molecule is O=C1C2CCSC2=CC(O)[NH+]1[S-]. The molecule has 1 amide bonds. The summed E-state index contributed by atoms with van der Waals surface area (Å²) in [5.74, 6) is 0.906. The average Bonchev–Trinajstić information content (AvgIpc) is 2.48. The van der Waals surface area contributed by atoms with E-state index in [1.54, 1.807) is 17.8 Å². The van der Waals surface area contributed by atoms with Crippen molar-refractivity contribution in [1.82, 2.24) is 0 Å². The van der Waals surface area contributed by atoms with Gasteiger partial charge >= 0.3 is 5.91 Å². The third-order valence-electron chi connectivity index (χ3n) is 2.17. The van der Waals surface area contributed by atoms with Crippen LogP contribution in [0.4, 0.5) is 0 Å². The number of carbonyl (C=O) groups excluding carboxylic acids is 1. The molecule has 1 saturated heterocycles. The molecule has 2 aliphatic heterocycles. The number of aliphatic hydroxyl groups excluding tert-OH is 1. The van der Waals surface area contributed by atoms with Crippen LogP contribution in [-0.4, -0.2) is 23.0 Å². The zero-order valence-corrected chi connectivity index (χ0v) is 7.95. The van der Waals surface area contributed by atoms with Crippen LogP contribution in [0.5, 0.6) is 0 Å². The lowest BCUT2D eigenvalue weighted by atomic mass is 10.0. The van der Waals surface area contributed by atoms with E-state index in [0.717, 1.165) is 17.1 Å². The molecule has 2 heterocycles. The summed E-state index contributed by atoms with van der Waals surface area (Å²) in [5.41, 5.74) is 0. The molecule has 0 bridgehead atoms. The fourth-order valence-electron chi connectivity index (χ4n) is 1.51. The van der Waals surface area contributed by atoms with Gasteiger partial charge in [0.1, 0.15) is 5.92 Å². The minimum atomic E-state index is -0.815. The van der Waals surface area contributed by atoms with E-state index >= 15 is 0 Å². The summed E-state index contributed by atoms with van der Waals surface area (Å²) in [6.45, 7) is 0. The Hall–Kier alpha value is 0.0300. The maximum Gasteiger partial charge on any atom is 0.304 e. The molecule has 2 rings (SSSR count). The molecular weight excluding hydrogens is 194 g/mol. The van der Waals surface area contributed by atoms with Crippen LogP contribution in [0, 0.1) is 5.92 Å². The normalized spacial score (nSPS) is 41.0. The van der Waals surface area contributed by atoms with E-state index in [1.165, 1.54) is 0 Å². The Morgan fingerprint density at radius 2 is 2.50 bits per heavy atom. The van der Waals surface area contributed by atoms with Gasteiger partial charge in [-0.2, -0.15) is 0 Å². The first-order chi connectivity index (χ1) is 5.70. The molecule has 0 spiro atoms. The fourth-order valence-corrected chi connectivity index (χ4v) is 2.96. The molecule has 3 unspecified atom stereocenters. The number of nitrogens with one attached hydrogen (secondary N) is 1. The topological polar surface area (TPSA) is 41.7 Å². The van der Waals surface area contributed by atoms with Gasteiger partial charge in [0, 0.05) is 11.0 Å². The molecule has 5 heteroatoms. The minimum absolute atomic E-state index is 0.0223. The van der Waals surface area contributed by atoms with E-state index in [0.29, 0.717) is 0 Å². The smallest absolute Gasteiger partial charge is 0.304 e. The van der Waals surface area contributed by atoms with Gasteiger partial charge < -0.3 is 22.2 Å². The van der Waals surface area contributed by atoms with Crippen molar-refractivity contribution in [2.75, 3.05) is 5.75 Å². The molecule has 3 atom stereocenters. The number of carbonyl (C=O) groups is 1. The van der Waals surface area contributed by atoms with E-state index in [1.807, 2.05) is 0 Å². The Kier molecular flexibility index (Phi) is 2.20. The standard InChI is InChI=1S/C7H9NO2S2/c9-6-3-5-4(1-2-12-5)7(10)8(6)11/h3-4,6,8-9H,1-2H2. The highest BCUT2D eigenvalue weighted by Gasteiger charge is 2.38. The van der Waals surface area contributed by atoms with Crippen LogP contribution in [0.25, 0.3) is 0 Å². The van der Waals surface area contributed by atoms with E-state index in [4.69, 9.17) is 12.8 Å². The number of quaternary nitrogens is 1. The van der Waals surface area contributed by atoms with E-state index in [-0.39, 0.29) is 16.1 Å². The second-order valence-corrected chi connectivity index (χ2v) is 4.54. The highest BCUT2D eigenvalue weighted by molar-refractivity contribution is 8.03. The molecule has 3 nitrogen and oxygen atoms in total. The van der Waals surface area contributed by atoms with Crippen molar-refractivity contribution in [2.24, 2.45) is 5.92 Å². The molecule has 2 N–H and O–H groups in total. The lowest BCUT2D eigenvalue weighted by Gasteiger charge is -2.31. The number of hydrogen-bond donors (Lipinski definition) is 2. The van der Waals surface area contributed by atoms with Gasteiger partial charge in [0.15, 0.2) is 6.23 Å². The Morgan fingerprint density at radius 1 is 1.75 bits per heavy atom. The molecular formula is C7H9NO2S2. The molecule has 0 aromatic heterocycles. The minimum Gasteiger partial charge on any atom is -0.484 e. The van der Waals surface area contributed by atoms with Crippen LogP contribution < -0.4 is 4.31 Å². The van der Waals surface area contributed by atoms with Gasteiger partial charge in [0.25, 0.3) is 0 Å². The number of amides is 1. The van der Waals surface area contributed by atoms with E-state index in [2.05, 4.69) is 0 Å². The highest BCUT2D eigenvalue weighted by atomic mass is 32.2. The van der Waals surface area contributed by atoms with Gasteiger partial charge in [-0.25, -0.2) is 4.79 Å². The number of rotatable bonds is 0. The quantitative estimate of drug-likeness (QED) is 0.487. The van der Waals surface area contributed by atoms with Crippen molar-refractivity contribution in [3.8, 4) is 0 Å². The van der Waals surface area contributed by atoms with Gasteiger partial charge in [0.05, 0.1) is 0 Å². The maximum absolute atomic E-state index is 11.5. The maximum atomic E-state index is 11.5. The monoisotopic (exact) mass is 203 g/mol. The third kappa shape index (κ3) is 1.21. The first-order valence-corrected chi connectivity index (χ1v) is 5.20. The first-order valence-electron chi connectivity index (χ1n) is 3.81. The summed E-state index contributed by atoms with van der Waals surface area (Å²) in [5, 5.41) is 9.34. The van der Waals surface area contributed by atoms with Crippen LogP contribution in [0.3, 0.4) is 0 Å². The summed E-state index contributed by atoms with van der Waals surface area (Å²) in [7, 11) is 0. The molecule has 0 radical (unpaired) electrons. The number of aliphatic hydroxyl groups is 1. The van der Waals surface area contributed by atoms with Crippen LogP contribution in [0.15, 0.2) is 11.0 Å². The van der Waals surface area contributed by atoms with Crippen molar-refractivity contribution >= 4 is 30.5 Å². The first kappa shape index (κ1) is 8.62. The Labute approximate surface area is 80.4 Å². The molecule has 0 aromatic rings. The highest BCUT2D eigenvalue weighted by Crippen LogP contribution is 2.36. The summed E-state index contributed by atoms with van der Waals surface area (Å²) >= 11 is 6.48. The van der Waals surface area contributed by atoms with Crippen LogP contribution in [0.1, 0.15) is 6.42 Å². The van der Waals surface area contributed by atoms with Gasteiger partial charge in [-0.1, -0.05) is 0 Å². The molecule has 1 fully saturated rings. The number of fused-ring (bicyclic) bond motifs is 1. The summed E-state index contributed by atoms with van der Waals surface area (Å²) in [6.07, 6.45) is 1.78. The van der Waals surface area contributed by atoms with Crippen molar-refractivity contribution < 1.29 is 14.2 Å². The van der Waals surface area contributed by atoms with Crippen molar-refractivity contribution in [3.63, 3.8) is 0 Å². The summed E-state index contributed by atoms with van der Waals surface area (Å²) in [6, 6.07) is 0. The zero-order chi connectivity index (χ0) is 8.72. The molecule has 66 valence electrons. The molecule has 12 heavy (non-hydrogen) atoms. The molecule has 0 aliphatic carbocycles. The zero-order valence-electron chi connectivity index (χ0n) is 6.32. The molecule has 0 aromatic carbocycles.